The number of rotatable bonds is 6. The molecule has 0 spiro atoms. The normalized spacial score (nSPS) is 12.0. The monoisotopic (exact) mass is 274 g/mol. The van der Waals surface area contributed by atoms with Crippen molar-refractivity contribution >= 4 is 12.3 Å². The SMILES string of the molecule is CCOC(=O)C(CCC=O)c1ccc(F)c(F)c1F. The van der Waals surface area contributed by atoms with Gasteiger partial charge in [-0.15, -0.1) is 0 Å². The minimum Gasteiger partial charge on any atom is -0.466 e. The molecule has 3 nitrogen and oxygen atoms in total. The summed E-state index contributed by atoms with van der Waals surface area (Å²) in [4.78, 5) is 22.0. The summed E-state index contributed by atoms with van der Waals surface area (Å²) in [7, 11) is 0. The quantitative estimate of drug-likeness (QED) is 0.455. The van der Waals surface area contributed by atoms with Gasteiger partial charge in [0.15, 0.2) is 17.5 Å². The van der Waals surface area contributed by atoms with E-state index < -0.39 is 29.3 Å². The first kappa shape index (κ1) is 15.2. The summed E-state index contributed by atoms with van der Waals surface area (Å²) < 4.78 is 44.4. The third-order valence-electron chi connectivity index (χ3n) is 2.58. The predicted octanol–water partition coefficient (Wildman–Crippen LogP) is 2.73. The zero-order chi connectivity index (χ0) is 14.4. The van der Waals surface area contributed by atoms with E-state index in [1.807, 2.05) is 0 Å². The first-order valence-electron chi connectivity index (χ1n) is 5.76. The minimum atomic E-state index is -1.64. The molecule has 0 aliphatic carbocycles. The smallest absolute Gasteiger partial charge is 0.313 e. The zero-order valence-electron chi connectivity index (χ0n) is 10.3. The fourth-order valence-corrected chi connectivity index (χ4v) is 1.69. The molecular weight excluding hydrogens is 261 g/mol. The number of aldehydes is 1. The Bertz CT molecular complexity index is 474. The van der Waals surface area contributed by atoms with Crippen LogP contribution in [-0.2, 0) is 14.3 Å². The lowest BCUT2D eigenvalue weighted by molar-refractivity contribution is -0.145. The van der Waals surface area contributed by atoms with Crippen LogP contribution in [0.5, 0.6) is 0 Å². The average Bonchev–Trinajstić information content (AvgIpc) is 2.39. The first-order chi connectivity index (χ1) is 9.02. The molecule has 0 aliphatic rings. The van der Waals surface area contributed by atoms with Gasteiger partial charge in [0.2, 0.25) is 0 Å². The van der Waals surface area contributed by atoms with Gasteiger partial charge < -0.3 is 9.53 Å². The van der Waals surface area contributed by atoms with Crippen LogP contribution in [0.3, 0.4) is 0 Å². The molecule has 0 bridgehead atoms. The Labute approximate surface area is 108 Å². The average molecular weight is 274 g/mol. The standard InChI is InChI=1S/C13H13F3O3/c1-2-19-13(18)9(4-3-7-17)8-5-6-10(14)12(16)11(8)15/h5-7,9H,2-4H2,1H3. The van der Waals surface area contributed by atoms with Gasteiger partial charge in [-0.1, -0.05) is 6.07 Å². The molecule has 19 heavy (non-hydrogen) atoms. The van der Waals surface area contributed by atoms with Crippen LogP contribution in [0.2, 0.25) is 0 Å². The molecule has 6 heteroatoms. The maximum absolute atomic E-state index is 13.6. The van der Waals surface area contributed by atoms with E-state index in [1.54, 1.807) is 6.92 Å². The second kappa shape index (κ2) is 6.92. The summed E-state index contributed by atoms with van der Waals surface area (Å²) >= 11 is 0. The second-order valence-corrected chi connectivity index (χ2v) is 3.81. The van der Waals surface area contributed by atoms with Gasteiger partial charge in [-0.3, -0.25) is 4.79 Å². The Morgan fingerprint density at radius 3 is 2.58 bits per heavy atom. The summed E-state index contributed by atoms with van der Waals surface area (Å²) in [5.41, 5.74) is -0.306. The summed E-state index contributed by atoms with van der Waals surface area (Å²) in [6.45, 7) is 1.64. The molecule has 0 fully saturated rings. The largest absolute Gasteiger partial charge is 0.466 e. The van der Waals surface area contributed by atoms with Crippen LogP contribution >= 0.6 is 0 Å². The molecule has 0 aromatic heterocycles. The van der Waals surface area contributed by atoms with Crippen LogP contribution in [0.15, 0.2) is 12.1 Å². The third-order valence-corrected chi connectivity index (χ3v) is 2.58. The number of carbonyl (C=O) groups is 2. The second-order valence-electron chi connectivity index (χ2n) is 3.81. The van der Waals surface area contributed by atoms with Crippen LogP contribution < -0.4 is 0 Å². The Morgan fingerprint density at radius 1 is 1.32 bits per heavy atom. The molecule has 0 saturated heterocycles. The molecule has 0 radical (unpaired) electrons. The molecule has 0 aliphatic heterocycles. The molecule has 1 atom stereocenters. The van der Waals surface area contributed by atoms with Crippen LogP contribution in [-0.4, -0.2) is 18.9 Å². The van der Waals surface area contributed by atoms with Gasteiger partial charge in [-0.2, -0.15) is 0 Å². The Balaban J connectivity index is 3.13. The topological polar surface area (TPSA) is 43.4 Å². The molecule has 1 aromatic carbocycles. The molecular formula is C13H13F3O3. The van der Waals surface area contributed by atoms with Crippen molar-refractivity contribution in [2.24, 2.45) is 0 Å². The fourth-order valence-electron chi connectivity index (χ4n) is 1.69. The Morgan fingerprint density at radius 2 is 2.00 bits per heavy atom. The number of hydrogen-bond acceptors (Lipinski definition) is 3. The van der Waals surface area contributed by atoms with E-state index in [0.29, 0.717) is 6.29 Å². The summed E-state index contributed by atoms with van der Waals surface area (Å²) in [6, 6.07) is 1.72. The van der Waals surface area contributed by atoms with Crippen molar-refractivity contribution in [3.8, 4) is 0 Å². The number of ether oxygens (including phenoxy) is 1. The summed E-state index contributed by atoms with van der Waals surface area (Å²) in [5, 5.41) is 0. The molecule has 104 valence electrons. The van der Waals surface area contributed by atoms with E-state index in [2.05, 4.69) is 0 Å². The van der Waals surface area contributed by atoms with Gasteiger partial charge in [0.1, 0.15) is 6.29 Å². The van der Waals surface area contributed by atoms with Crippen molar-refractivity contribution in [1.82, 2.24) is 0 Å². The first-order valence-corrected chi connectivity index (χ1v) is 5.76. The number of halogens is 3. The number of hydrogen-bond donors (Lipinski definition) is 0. The van der Waals surface area contributed by atoms with Gasteiger partial charge in [-0.25, -0.2) is 13.2 Å². The lowest BCUT2D eigenvalue weighted by Crippen LogP contribution is -2.18. The van der Waals surface area contributed by atoms with E-state index >= 15 is 0 Å². The zero-order valence-corrected chi connectivity index (χ0v) is 10.3. The highest BCUT2D eigenvalue weighted by atomic mass is 19.2. The predicted molar refractivity (Wildman–Crippen MR) is 61.0 cm³/mol. The lowest BCUT2D eigenvalue weighted by atomic mass is 9.93. The molecule has 0 amide bonds. The maximum Gasteiger partial charge on any atom is 0.313 e. The van der Waals surface area contributed by atoms with Crippen molar-refractivity contribution in [2.75, 3.05) is 6.61 Å². The molecule has 1 aromatic rings. The highest BCUT2D eigenvalue weighted by Gasteiger charge is 2.27. The van der Waals surface area contributed by atoms with Crippen LogP contribution in [0.25, 0.3) is 0 Å². The number of carbonyl (C=O) groups excluding carboxylic acids is 2. The van der Waals surface area contributed by atoms with E-state index in [4.69, 9.17) is 4.74 Å². The van der Waals surface area contributed by atoms with Crippen molar-refractivity contribution < 1.29 is 27.5 Å². The van der Waals surface area contributed by atoms with Gasteiger partial charge in [0, 0.05) is 12.0 Å². The van der Waals surface area contributed by atoms with Crippen LogP contribution in [0.1, 0.15) is 31.2 Å². The number of esters is 1. The molecule has 0 heterocycles. The lowest BCUT2D eigenvalue weighted by Gasteiger charge is -2.16. The van der Waals surface area contributed by atoms with Crippen molar-refractivity contribution in [3.05, 3.63) is 35.1 Å². The van der Waals surface area contributed by atoms with Crippen molar-refractivity contribution in [1.29, 1.82) is 0 Å². The highest BCUT2D eigenvalue weighted by molar-refractivity contribution is 5.78. The summed E-state index contributed by atoms with van der Waals surface area (Å²) in [5.74, 6) is -6.30. The highest BCUT2D eigenvalue weighted by Crippen LogP contribution is 2.27. The Kier molecular flexibility index (Phi) is 5.54. The minimum absolute atomic E-state index is 0.0120. The fraction of sp³-hybridized carbons (Fsp3) is 0.385. The molecule has 1 rings (SSSR count). The van der Waals surface area contributed by atoms with Crippen LogP contribution in [0.4, 0.5) is 13.2 Å². The van der Waals surface area contributed by atoms with Crippen LogP contribution in [0, 0.1) is 17.5 Å². The molecule has 0 N–H and O–H groups in total. The van der Waals surface area contributed by atoms with E-state index in [-0.39, 0.29) is 25.0 Å². The molecule has 0 saturated carbocycles. The number of benzene rings is 1. The van der Waals surface area contributed by atoms with Crippen molar-refractivity contribution in [2.45, 2.75) is 25.7 Å². The van der Waals surface area contributed by atoms with Crippen molar-refractivity contribution in [3.63, 3.8) is 0 Å². The van der Waals surface area contributed by atoms with E-state index in [9.17, 15) is 22.8 Å². The third kappa shape index (κ3) is 3.56. The maximum atomic E-state index is 13.6. The van der Waals surface area contributed by atoms with Gasteiger partial charge in [0.05, 0.1) is 12.5 Å². The van der Waals surface area contributed by atoms with E-state index in [0.717, 1.165) is 12.1 Å². The van der Waals surface area contributed by atoms with Gasteiger partial charge in [-0.05, 0) is 19.4 Å². The van der Waals surface area contributed by atoms with Gasteiger partial charge in [0.25, 0.3) is 0 Å². The molecule has 1 unspecified atom stereocenters. The van der Waals surface area contributed by atoms with E-state index in [1.165, 1.54) is 0 Å². The van der Waals surface area contributed by atoms with Gasteiger partial charge >= 0.3 is 5.97 Å². The Hall–Kier alpha value is -1.85. The summed E-state index contributed by atoms with van der Waals surface area (Å²) in [6.07, 6.45) is 0.524.